The molecule has 10 heteroatoms. The van der Waals surface area contributed by atoms with Crippen LogP contribution in [-0.4, -0.2) is 53.6 Å². The average molecular weight is 433 g/mol. The number of rotatable bonds is 3. The van der Waals surface area contributed by atoms with Gasteiger partial charge in [0, 0.05) is 17.8 Å². The number of hydrogen-bond acceptors (Lipinski definition) is 6. The molecule has 3 aliphatic rings. The first-order valence-corrected chi connectivity index (χ1v) is 10.1. The minimum atomic E-state index is -0.542. The molecule has 0 aromatic carbocycles. The number of carbonyl (C=O) groups is 2. The second-order valence-electron chi connectivity index (χ2n) is 7.62. The summed E-state index contributed by atoms with van der Waals surface area (Å²) in [5, 5.41) is 12.0. The lowest BCUT2D eigenvalue weighted by Crippen LogP contribution is -2.53. The number of allylic oxidation sites excluding steroid dienone is 1. The summed E-state index contributed by atoms with van der Waals surface area (Å²) >= 11 is 5.13. The maximum atomic E-state index is 13.0. The molecule has 1 N–H and O–H groups in total. The van der Waals surface area contributed by atoms with Gasteiger partial charge in [0.15, 0.2) is 10.9 Å². The molecular weight excluding hydrogens is 414 g/mol. The van der Waals surface area contributed by atoms with Crippen molar-refractivity contribution in [2.75, 3.05) is 6.54 Å². The number of nitrogens with zero attached hydrogens (tertiary/aromatic N) is 6. The Balaban J connectivity index is 1.71. The van der Waals surface area contributed by atoms with Crippen LogP contribution in [0, 0.1) is 13.8 Å². The number of aryl methyl sites for hydroxylation is 2. The minimum absolute atomic E-state index is 0.0188. The van der Waals surface area contributed by atoms with Crippen molar-refractivity contribution in [3.63, 3.8) is 0 Å². The first kappa shape index (κ1) is 19.3. The molecule has 0 spiro atoms. The number of aliphatic imine (C=N–C) groups is 1. The van der Waals surface area contributed by atoms with Crippen molar-refractivity contribution in [3.05, 3.63) is 53.0 Å². The molecule has 5 rings (SSSR count). The fourth-order valence-electron chi connectivity index (χ4n) is 4.09. The Morgan fingerprint density at radius 1 is 1.23 bits per heavy atom. The summed E-state index contributed by atoms with van der Waals surface area (Å²) in [5.41, 5.74) is 4.86. The van der Waals surface area contributed by atoms with Crippen LogP contribution < -0.4 is 5.32 Å². The smallest absolute Gasteiger partial charge is 0.265 e. The molecule has 0 aliphatic carbocycles. The fraction of sp³-hybridized carbons (Fsp3) is 0.238. The Labute approximate surface area is 183 Å². The lowest BCUT2D eigenvalue weighted by molar-refractivity contribution is -0.128. The molecule has 5 heterocycles. The molecule has 9 nitrogen and oxygen atoms in total. The van der Waals surface area contributed by atoms with Crippen LogP contribution in [0.15, 0.2) is 35.4 Å². The Bertz CT molecular complexity index is 1310. The van der Waals surface area contributed by atoms with E-state index in [1.807, 2.05) is 32.9 Å². The van der Waals surface area contributed by atoms with E-state index in [2.05, 4.69) is 17.0 Å². The molecule has 1 atom stereocenters. The van der Waals surface area contributed by atoms with E-state index < -0.39 is 11.8 Å². The van der Waals surface area contributed by atoms with Gasteiger partial charge in [0.25, 0.3) is 11.8 Å². The maximum Gasteiger partial charge on any atom is 0.265 e. The van der Waals surface area contributed by atoms with Crippen LogP contribution in [0.3, 0.4) is 0 Å². The highest BCUT2D eigenvalue weighted by atomic mass is 32.1. The third-order valence-corrected chi connectivity index (χ3v) is 5.74. The topological polar surface area (TPSA) is 97.4 Å². The van der Waals surface area contributed by atoms with Crippen LogP contribution in [0.1, 0.15) is 35.6 Å². The van der Waals surface area contributed by atoms with Crippen LogP contribution in [0.25, 0.3) is 17.6 Å². The summed E-state index contributed by atoms with van der Waals surface area (Å²) < 4.78 is 3.59. The van der Waals surface area contributed by atoms with Gasteiger partial charge in [0.05, 0.1) is 22.8 Å². The normalized spacial score (nSPS) is 20.9. The molecule has 1 unspecified atom stereocenters. The van der Waals surface area contributed by atoms with Gasteiger partial charge in [-0.25, -0.2) is 9.36 Å². The molecule has 156 valence electrons. The van der Waals surface area contributed by atoms with E-state index in [9.17, 15) is 9.59 Å². The molecule has 0 saturated carbocycles. The second-order valence-corrected chi connectivity index (χ2v) is 8.01. The highest BCUT2D eigenvalue weighted by Gasteiger charge is 2.38. The number of nitrogens with one attached hydrogen (secondary N) is 1. The highest BCUT2D eigenvalue weighted by molar-refractivity contribution is 7.80. The van der Waals surface area contributed by atoms with Gasteiger partial charge < -0.3 is 0 Å². The Morgan fingerprint density at radius 3 is 2.74 bits per heavy atom. The first-order chi connectivity index (χ1) is 14.8. The van der Waals surface area contributed by atoms with E-state index in [1.165, 1.54) is 4.90 Å². The number of fused-ring (bicyclic) bond motifs is 6. The average Bonchev–Trinajstić information content (AvgIpc) is 3.36. The Kier molecular flexibility index (Phi) is 4.16. The number of amides is 2. The number of hydrogen-bond donors (Lipinski definition) is 1. The summed E-state index contributed by atoms with van der Waals surface area (Å²) in [7, 11) is 0. The van der Waals surface area contributed by atoms with Crippen molar-refractivity contribution in [3.8, 4) is 5.82 Å². The third kappa shape index (κ3) is 2.75. The zero-order valence-corrected chi connectivity index (χ0v) is 18.0. The van der Waals surface area contributed by atoms with Gasteiger partial charge in [-0.1, -0.05) is 6.08 Å². The van der Waals surface area contributed by atoms with Crippen LogP contribution in [0.4, 0.5) is 0 Å². The standard InChI is InChI=1S/C21H19N7O2S/c1-5-6-26-20(30)14(18(29)23-21(26)31)9-13-12(4)25-28-15-7-10(2)22-17(15)16-8-11(3)24-27(16)19(13)28/h5,7-9,17H,1,6H2,2-4H3,(H,23,29,31)/b14-9-. The van der Waals surface area contributed by atoms with Crippen LogP contribution >= 0.6 is 12.2 Å². The molecule has 3 aliphatic heterocycles. The van der Waals surface area contributed by atoms with Crippen molar-refractivity contribution in [1.29, 1.82) is 0 Å². The summed E-state index contributed by atoms with van der Waals surface area (Å²) in [4.78, 5) is 31.6. The lowest BCUT2D eigenvalue weighted by Gasteiger charge is -2.28. The van der Waals surface area contributed by atoms with E-state index >= 15 is 0 Å². The molecule has 1 saturated heterocycles. The van der Waals surface area contributed by atoms with Crippen molar-refractivity contribution in [1.82, 2.24) is 29.8 Å². The molecule has 0 bridgehead atoms. The van der Waals surface area contributed by atoms with E-state index in [-0.39, 0.29) is 23.3 Å². The SMILES string of the molecule is C=CCN1C(=O)/C(=C\c2c(C)nn3c2-n2nc(C)cc2C2N=C(C)C=C23)C(=O)NC1=S. The first-order valence-electron chi connectivity index (χ1n) is 9.73. The van der Waals surface area contributed by atoms with Gasteiger partial charge in [-0.3, -0.25) is 24.8 Å². The van der Waals surface area contributed by atoms with Crippen molar-refractivity contribution < 1.29 is 9.59 Å². The maximum absolute atomic E-state index is 13.0. The largest absolute Gasteiger partial charge is 0.298 e. The third-order valence-electron chi connectivity index (χ3n) is 5.42. The second kappa shape index (κ2) is 6.67. The van der Waals surface area contributed by atoms with Crippen molar-refractivity contribution in [2.24, 2.45) is 4.99 Å². The number of thiocarbonyl (C=S) groups is 1. The van der Waals surface area contributed by atoms with Gasteiger partial charge in [0.1, 0.15) is 11.6 Å². The predicted molar refractivity (Wildman–Crippen MR) is 120 cm³/mol. The van der Waals surface area contributed by atoms with Crippen LogP contribution in [-0.2, 0) is 9.59 Å². The van der Waals surface area contributed by atoms with E-state index in [0.717, 1.165) is 22.8 Å². The monoisotopic (exact) mass is 433 g/mol. The van der Waals surface area contributed by atoms with Crippen LogP contribution in [0.2, 0.25) is 0 Å². The van der Waals surface area contributed by atoms with Crippen molar-refractivity contribution >= 4 is 46.6 Å². The molecular formula is C21H19N7O2S. The van der Waals surface area contributed by atoms with Gasteiger partial charge in [-0.05, 0) is 51.2 Å². The lowest BCUT2D eigenvalue weighted by atomic mass is 10.1. The Hall–Kier alpha value is -3.66. The van der Waals surface area contributed by atoms with Gasteiger partial charge >= 0.3 is 0 Å². The van der Waals surface area contributed by atoms with Crippen molar-refractivity contribution in [2.45, 2.75) is 26.8 Å². The molecule has 2 amide bonds. The van der Waals surface area contributed by atoms with Gasteiger partial charge in [0.2, 0.25) is 0 Å². The quantitative estimate of drug-likeness (QED) is 0.345. The molecule has 2 aromatic rings. The fourth-order valence-corrected chi connectivity index (χ4v) is 4.34. The number of carbonyl (C=O) groups excluding carboxylic acids is 2. The molecule has 2 aromatic heterocycles. The van der Waals surface area contributed by atoms with Gasteiger partial charge in [-0.15, -0.1) is 6.58 Å². The highest BCUT2D eigenvalue weighted by Crippen LogP contribution is 2.42. The van der Waals surface area contributed by atoms with Crippen LogP contribution in [0.5, 0.6) is 0 Å². The van der Waals surface area contributed by atoms with E-state index in [1.54, 1.807) is 21.5 Å². The Morgan fingerprint density at radius 2 is 2.00 bits per heavy atom. The van der Waals surface area contributed by atoms with Gasteiger partial charge in [-0.2, -0.15) is 10.2 Å². The summed E-state index contributed by atoms with van der Waals surface area (Å²) in [6.07, 6.45) is 5.11. The molecule has 1 fully saturated rings. The minimum Gasteiger partial charge on any atom is -0.298 e. The molecule has 0 radical (unpaired) electrons. The number of aromatic nitrogens is 4. The molecule has 31 heavy (non-hydrogen) atoms. The zero-order chi connectivity index (χ0) is 22.0. The summed E-state index contributed by atoms with van der Waals surface area (Å²) in [5.74, 6) is -0.346. The summed E-state index contributed by atoms with van der Waals surface area (Å²) in [6.45, 7) is 9.55. The van der Waals surface area contributed by atoms with E-state index in [0.29, 0.717) is 17.1 Å². The van der Waals surface area contributed by atoms with E-state index in [4.69, 9.17) is 22.3 Å². The summed E-state index contributed by atoms with van der Waals surface area (Å²) in [6, 6.07) is 1.81. The zero-order valence-electron chi connectivity index (χ0n) is 17.2. The predicted octanol–water partition coefficient (Wildman–Crippen LogP) is 1.87.